The van der Waals surface area contributed by atoms with Gasteiger partial charge in [-0.25, -0.2) is 9.78 Å². The normalized spacial score (nSPS) is 12.3. The molecule has 2 heterocycles. The highest BCUT2D eigenvalue weighted by atomic mass is 19.4. The quantitative estimate of drug-likeness (QED) is 0.207. The number of benzene rings is 2. The third kappa shape index (κ3) is 5.44. The Bertz CT molecular complexity index is 1370. The van der Waals surface area contributed by atoms with Gasteiger partial charge in [0.05, 0.1) is 5.52 Å². The third-order valence-corrected chi connectivity index (χ3v) is 5.75. The van der Waals surface area contributed by atoms with Gasteiger partial charge in [-0.05, 0) is 34.9 Å². The van der Waals surface area contributed by atoms with E-state index in [1.54, 1.807) is 24.3 Å². The summed E-state index contributed by atoms with van der Waals surface area (Å²) < 4.78 is 68.9. The fourth-order valence-electron chi connectivity index (χ4n) is 3.87. The average molecular weight is 522 g/mol. The number of nitrogens with one attached hydrogen (secondary N) is 1. The third-order valence-electron chi connectivity index (χ3n) is 5.75. The van der Waals surface area contributed by atoms with Crippen LogP contribution in [0.1, 0.15) is 51.3 Å². The van der Waals surface area contributed by atoms with Crippen molar-refractivity contribution in [3.05, 3.63) is 48.3 Å². The highest BCUT2D eigenvalue weighted by Crippen LogP contribution is 2.44. The molecule has 0 aliphatic rings. The minimum atomic E-state index is -5.95. The lowest BCUT2D eigenvalue weighted by molar-refractivity contribution is -0.295. The van der Waals surface area contributed by atoms with Crippen molar-refractivity contribution < 1.29 is 31.6 Å². The van der Waals surface area contributed by atoms with Crippen LogP contribution in [0, 0.1) is 0 Å². The predicted molar refractivity (Wildman–Crippen MR) is 123 cm³/mol. The number of alkyl halides is 5. The van der Waals surface area contributed by atoms with Crippen LogP contribution in [0.25, 0.3) is 33.5 Å². The lowest BCUT2D eigenvalue weighted by atomic mass is 9.99. The number of nitrogens with zero attached hydrogens (tertiary/aromatic N) is 5. The van der Waals surface area contributed by atoms with E-state index in [0.717, 1.165) is 19.3 Å². The minimum Gasteiger partial charge on any atom is -0.334 e. The molecule has 0 aliphatic carbocycles. The number of halogens is 5. The number of aromatic amines is 1. The summed E-state index contributed by atoms with van der Waals surface area (Å²) in [7, 11) is 0. The summed E-state index contributed by atoms with van der Waals surface area (Å²) in [6.45, 7) is 2.02. The molecule has 2 aromatic carbocycles. The van der Waals surface area contributed by atoms with Gasteiger partial charge >= 0.3 is 18.1 Å². The Morgan fingerprint density at radius 1 is 1.00 bits per heavy atom. The Morgan fingerprint density at radius 3 is 2.41 bits per heavy atom. The topological polar surface area (TPSA) is 98.6 Å². The fourth-order valence-corrected chi connectivity index (χ4v) is 3.87. The van der Waals surface area contributed by atoms with Crippen LogP contribution in [0.4, 0.5) is 22.0 Å². The highest BCUT2D eigenvalue weighted by Gasteiger charge is 2.62. The Labute approximate surface area is 207 Å². The Balaban J connectivity index is 1.73. The molecule has 0 spiro atoms. The maximum atomic E-state index is 14.5. The zero-order valence-electron chi connectivity index (χ0n) is 19.7. The Kier molecular flexibility index (Phi) is 7.50. The summed E-state index contributed by atoms with van der Waals surface area (Å²) in [5.41, 5.74) is 1.13. The molecule has 0 radical (unpaired) electrons. The van der Waals surface area contributed by atoms with Gasteiger partial charge in [0.1, 0.15) is 5.52 Å². The minimum absolute atomic E-state index is 0.128. The Hall–Kier alpha value is -3.90. The number of carbonyl (C=O) groups excluding carboxylic acids is 1. The lowest BCUT2D eigenvalue weighted by Crippen LogP contribution is -2.38. The van der Waals surface area contributed by atoms with E-state index < -0.39 is 23.9 Å². The SMILES string of the molecule is CCCCCCCC(=O)On1c(C(F)(F)C(F)(F)F)nc2cc(-c3ccccc3-c3nn[nH]n3)ccc21. The van der Waals surface area contributed by atoms with Gasteiger partial charge in [0.2, 0.25) is 11.6 Å². The summed E-state index contributed by atoms with van der Waals surface area (Å²) in [4.78, 5) is 20.9. The summed E-state index contributed by atoms with van der Waals surface area (Å²) in [5, 5.41) is 13.7. The molecule has 0 aliphatic heterocycles. The van der Waals surface area contributed by atoms with Gasteiger partial charge in [-0.15, -0.1) is 10.2 Å². The molecule has 196 valence electrons. The predicted octanol–water partition coefficient (Wildman–Crippen LogP) is 5.85. The molecule has 1 N–H and O–H groups in total. The van der Waals surface area contributed by atoms with Crippen LogP contribution in [0.5, 0.6) is 0 Å². The van der Waals surface area contributed by atoms with Crippen LogP contribution in [0.2, 0.25) is 0 Å². The van der Waals surface area contributed by atoms with Crippen LogP contribution < -0.4 is 4.84 Å². The van der Waals surface area contributed by atoms with Crippen molar-refractivity contribution in [3.63, 3.8) is 0 Å². The maximum absolute atomic E-state index is 14.5. The molecule has 0 fully saturated rings. The van der Waals surface area contributed by atoms with Gasteiger partial charge in [-0.3, -0.25) is 0 Å². The zero-order valence-corrected chi connectivity index (χ0v) is 19.7. The molecule has 0 saturated heterocycles. The number of hydrogen-bond donors (Lipinski definition) is 1. The van der Waals surface area contributed by atoms with Crippen LogP contribution >= 0.6 is 0 Å². The number of tetrazole rings is 1. The molecule has 0 bridgehead atoms. The van der Waals surface area contributed by atoms with E-state index in [2.05, 4.69) is 25.6 Å². The maximum Gasteiger partial charge on any atom is 0.461 e. The molecule has 0 atom stereocenters. The van der Waals surface area contributed by atoms with Gasteiger partial charge in [-0.1, -0.05) is 62.9 Å². The zero-order chi connectivity index (χ0) is 26.6. The van der Waals surface area contributed by atoms with Gasteiger partial charge in [0, 0.05) is 12.0 Å². The summed E-state index contributed by atoms with van der Waals surface area (Å²) in [5.74, 6) is -7.76. The fraction of sp³-hybridized carbons (Fsp3) is 0.375. The van der Waals surface area contributed by atoms with E-state index in [-0.39, 0.29) is 28.0 Å². The van der Waals surface area contributed by atoms with Crippen LogP contribution in [0.3, 0.4) is 0 Å². The molecule has 2 aromatic heterocycles. The Morgan fingerprint density at radius 2 is 1.73 bits per heavy atom. The standard InChI is InChI=1S/C24H23F5N6O2/c1-2-3-4-5-6-11-20(36)37-35-19-13-12-15(14-18(19)30-22(35)23(25,26)24(27,28)29)16-9-7-8-10-17(16)21-31-33-34-32-21/h7-10,12-14H,2-6,11H2,1H3,(H,31,32,33,34). The molecular formula is C24H23F5N6O2. The van der Waals surface area contributed by atoms with Crippen LogP contribution in [-0.2, 0) is 10.7 Å². The molecule has 4 rings (SSSR count). The average Bonchev–Trinajstić information content (AvgIpc) is 3.52. The number of hydrogen-bond acceptors (Lipinski definition) is 6. The van der Waals surface area contributed by atoms with Crippen LogP contribution in [-0.4, -0.2) is 42.5 Å². The number of unbranched alkanes of at least 4 members (excludes halogenated alkanes) is 4. The molecule has 0 amide bonds. The molecule has 0 saturated carbocycles. The van der Waals surface area contributed by atoms with Gasteiger partial charge in [0.15, 0.2) is 0 Å². The van der Waals surface area contributed by atoms with Crippen LogP contribution in [0.15, 0.2) is 42.5 Å². The van der Waals surface area contributed by atoms with E-state index in [1.165, 1.54) is 18.2 Å². The van der Waals surface area contributed by atoms with Crippen molar-refractivity contribution in [1.29, 1.82) is 0 Å². The van der Waals surface area contributed by atoms with Gasteiger partial charge in [-0.2, -0.15) is 31.9 Å². The molecule has 0 unspecified atom stereocenters. The molecule has 8 nitrogen and oxygen atoms in total. The number of rotatable bonds is 10. The number of imidazole rings is 1. The van der Waals surface area contributed by atoms with E-state index in [0.29, 0.717) is 29.5 Å². The molecular weight excluding hydrogens is 499 g/mol. The lowest BCUT2D eigenvalue weighted by Gasteiger charge is -2.19. The van der Waals surface area contributed by atoms with E-state index >= 15 is 0 Å². The highest BCUT2D eigenvalue weighted by molar-refractivity contribution is 5.87. The van der Waals surface area contributed by atoms with Gasteiger partial charge in [0.25, 0.3) is 0 Å². The van der Waals surface area contributed by atoms with E-state index in [4.69, 9.17) is 4.84 Å². The number of aromatic nitrogens is 6. The monoisotopic (exact) mass is 522 g/mol. The first-order valence-electron chi connectivity index (χ1n) is 11.7. The van der Waals surface area contributed by atoms with Crippen molar-refractivity contribution in [2.24, 2.45) is 0 Å². The summed E-state index contributed by atoms with van der Waals surface area (Å²) in [6, 6.07) is 10.9. The van der Waals surface area contributed by atoms with Crippen molar-refractivity contribution in [2.75, 3.05) is 0 Å². The first-order valence-corrected chi connectivity index (χ1v) is 11.7. The second-order valence-corrected chi connectivity index (χ2v) is 8.41. The molecule has 13 heteroatoms. The van der Waals surface area contributed by atoms with E-state index in [1.807, 2.05) is 6.92 Å². The summed E-state index contributed by atoms with van der Waals surface area (Å²) >= 11 is 0. The number of carbonyl (C=O) groups is 1. The smallest absolute Gasteiger partial charge is 0.334 e. The van der Waals surface area contributed by atoms with Crippen molar-refractivity contribution in [2.45, 2.75) is 57.5 Å². The first-order chi connectivity index (χ1) is 17.6. The number of H-pyrrole nitrogens is 1. The number of fused-ring (bicyclic) bond motifs is 1. The second kappa shape index (κ2) is 10.6. The summed E-state index contributed by atoms with van der Waals surface area (Å²) in [6.07, 6.45) is -2.10. The largest absolute Gasteiger partial charge is 0.461 e. The van der Waals surface area contributed by atoms with Gasteiger partial charge < -0.3 is 4.84 Å². The molecule has 4 aromatic rings. The second-order valence-electron chi connectivity index (χ2n) is 8.41. The van der Waals surface area contributed by atoms with Crippen molar-refractivity contribution in [1.82, 2.24) is 30.3 Å². The molecule has 37 heavy (non-hydrogen) atoms. The first kappa shape index (κ1) is 26.2. The van der Waals surface area contributed by atoms with Crippen molar-refractivity contribution in [3.8, 4) is 22.5 Å². The van der Waals surface area contributed by atoms with Crippen molar-refractivity contribution >= 4 is 17.0 Å². The van der Waals surface area contributed by atoms with E-state index in [9.17, 15) is 26.7 Å².